The van der Waals surface area contributed by atoms with E-state index in [1.54, 1.807) is 11.8 Å². The zero-order valence-corrected chi connectivity index (χ0v) is 13.8. The Morgan fingerprint density at radius 1 is 1.32 bits per heavy atom. The minimum absolute atomic E-state index is 0.0141. The second-order valence-corrected chi connectivity index (χ2v) is 7.34. The summed E-state index contributed by atoms with van der Waals surface area (Å²) in [6, 6.07) is -0.147. The number of hydrogen-bond acceptors (Lipinski definition) is 4. The van der Waals surface area contributed by atoms with Crippen LogP contribution in [0.5, 0.6) is 0 Å². The molecule has 0 aromatic rings. The van der Waals surface area contributed by atoms with Crippen molar-refractivity contribution in [3.63, 3.8) is 0 Å². The number of nitrogens with one attached hydrogen (secondary N) is 1. The van der Waals surface area contributed by atoms with Gasteiger partial charge in [-0.2, -0.15) is 0 Å². The summed E-state index contributed by atoms with van der Waals surface area (Å²) in [4.78, 5) is 12.0. The van der Waals surface area contributed by atoms with Crippen LogP contribution in [0.15, 0.2) is 0 Å². The smallest absolute Gasteiger partial charge is 0.324 e. The standard InChI is InChI=1S/C14H29N2O2S/c1-6-16(7-2,8-3)9-10-18-13(17)12-11-19-14(4,5)15-12/h12,15H,6-11H2,1-5H3/q+1/t12-/m0/s1. The van der Waals surface area contributed by atoms with Crippen molar-refractivity contribution < 1.29 is 14.0 Å². The van der Waals surface area contributed by atoms with Crippen LogP contribution in [0.1, 0.15) is 34.6 Å². The number of nitrogens with zero attached hydrogens (tertiary/aromatic N) is 1. The lowest BCUT2D eigenvalue weighted by atomic mass is 10.3. The first kappa shape index (κ1) is 16.8. The van der Waals surface area contributed by atoms with Gasteiger partial charge in [-0.3, -0.25) is 10.1 Å². The SMILES string of the molecule is CC[N+](CC)(CC)CCOC(=O)[C@@H]1CSC(C)(C)N1. The van der Waals surface area contributed by atoms with Crippen LogP contribution in [0, 0.1) is 0 Å². The monoisotopic (exact) mass is 289 g/mol. The van der Waals surface area contributed by atoms with E-state index >= 15 is 0 Å². The Hall–Kier alpha value is -0.260. The van der Waals surface area contributed by atoms with Gasteiger partial charge in [-0.05, 0) is 34.6 Å². The number of ether oxygens (including phenoxy) is 1. The Labute approximate surface area is 121 Å². The molecule has 1 aliphatic rings. The van der Waals surface area contributed by atoms with Crippen molar-refractivity contribution >= 4 is 17.7 Å². The van der Waals surface area contributed by atoms with E-state index in [9.17, 15) is 4.79 Å². The Kier molecular flexibility index (Phi) is 6.15. The third kappa shape index (κ3) is 4.65. The van der Waals surface area contributed by atoms with Crippen LogP contribution in [0.4, 0.5) is 0 Å². The summed E-state index contributed by atoms with van der Waals surface area (Å²) in [5, 5.41) is 3.30. The van der Waals surface area contributed by atoms with E-state index in [1.807, 2.05) is 0 Å². The van der Waals surface area contributed by atoms with E-state index in [4.69, 9.17) is 4.74 Å². The Morgan fingerprint density at radius 2 is 1.89 bits per heavy atom. The maximum Gasteiger partial charge on any atom is 0.324 e. The van der Waals surface area contributed by atoms with E-state index < -0.39 is 0 Å². The van der Waals surface area contributed by atoms with Crippen LogP contribution in [-0.2, 0) is 9.53 Å². The molecule has 0 bridgehead atoms. The molecule has 4 nitrogen and oxygen atoms in total. The number of rotatable bonds is 7. The van der Waals surface area contributed by atoms with Crippen molar-refractivity contribution in [1.29, 1.82) is 0 Å². The Balaban J connectivity index is 2.35. The normalized spacial score (nSPS) is 22.5. The predicted molar refractivity (Wildman–Crippen MR) is 81.2 cm³/mol. The van der Waals surface area contributed by atoms with Gasteiger partial charge in [0.1, 0.15) is 19.2 Å². The molecule has 0 spiro atoms. The number of hydrogen-bond donors (Lipinski definition) is 1. The average molecular weight is 289 g/mol. The van der Waals surface area contributed by atoms with Gasteiger partial charge in [-0.1, -0.05) is 0 Å². The number of thioether (sulfide) groups is 1. The number of carbonyl (C=O) groups is 1. The molecular formula is C14H29N2O2S+. The summed E-state index contributed by atoms with van der Waals surface area (Å²) in [5.41, 5.74) is 0. The highest BCUT2D eigenvalue weighted by Gasteiger charge is 2.36. The molecule has 1 atom stereocenters. The highest BCUT2D eigenvalue weighted by Crippen LogP contribution is 2.29. The first-order valence-electron chi connectivity index (χ1n) is 7.31. The van der Waals surface area contributed by atoms with Crippen molar-refractivity contribution in [3.8, 4) is 0 Å². The fourth-order valence-electron chi connectivity index (χ4n) is 2.51. The first-order chi connectivity index (χ1) is 8.88. The van der Waals surface area contributed by atoms with Crippen LogP contribution in [0.2, 0.25) is 0 Å². The second-order valence-electron chi connectivity index (χ2n) is 5.70. The van der Waals surface area contributed by atoms with Crippen LogP contribution >= 0.6 is 11.8 Å². The molecule has 0 aromatic heterocycles. The Morgan fingerprint density at radius 3 is 2.32 bits per heavy atom. The lowest BCUT2D eigenvalue weighted by Gasteiger charge is -2.35. The van der Waals surface area contributed by atoms with Gasteiger partial charge in [0, 0.05) is 5.75 Å². The van der Waals surface area contributed by atoms with Crippen molar-refractivity contribution in [2.45, 2.75) is 45.5 Å². The fourth-order valence-corrected chi connectivity index (χ4v) is 3.54. The van der Waals surface area contributed by atoms with Gasteiger partial charge in [0.05, 0.1) is 24.5 Å². The molecule has 0 saturated carbocycles. The van der Waals surface area contributed by atoms with Crippen molar-refractivity contribution in [2.24, 2.45) is 0 Å². The predicted octanol–water partition coefficient (Wildman–Crippen LogP) is 1.85. The van der Waals surface area contributed by atoms with E-state index in [0.717, 1.165) is 36.4 Å². The molecule has 1 fully saturated rings. The molecule has 1 rings (SSSR count). The van der Waals surface area contributed by atoms with E-state index in [-0.39, 0.29) is 16.9 Å². The van der Waals surface area contributed by atoms with Gasteiger partial charge >= 0.3 is 5.97 Å². The van der Waals surface area contributed by atoms with Gasteiger partial charge in [-0.25, -0.2) is 0 Å². The molecule has 1 saturated heterocycles. The number of likely N-dealkylation sites (N-methyl/N-ethyl adjacent to an activating group) is 1. The summed E-state index contributed by atoms with van der Waals surface area (Å²) in [5.74, 6) is 0.709. The van der Waals surface area contributed by atoms with Crippen molar-refractivity contribution in [2.75, 3.05) is 38.5 Å². The van der Waals surface area contributed by atoms with Gasteiger partial charge in [0.15, 0.2) is 0 Å². The summed E-state index contributed by atoms with van der Waals surface area (Å²) in [7, 11) is 0. The topological polar surface area (TPSA) is 38.3 Å². The van der Waals surface area contributed by atoms with Gasteiger partial charge in [0.2, 0.25) is 0 Å². The summed E-state index contributed by atoms with van der Waals surface area (Å²) in [6.07, 6.45) is 0. The van der Waals surface area contributed by atoms with Crippen LogP contribution in [-0.4, -0.2) is 59.9 Å². The molecule has 0 aromatic carbocycles. The lowest BCUT2D eigenvalue weighted by Crippen LogP contribution is -2.50. The lowest BCUT2D eigenvalue weighted by molar-refractivity contribution is -0.923. The van der Waals surface area contributed by atoms with Crippen LogP contribution in [0.3, 0.4) is 0 Å². The number of esters is 1. The second kappa shape index (κ2) is 6.95. The summed E-state index contributed by atoms with van der Waals surface area (Å²) < 4.78 is 6.47. The maximum absolute atomic E-state index is 12.0. The van der Waals surface area contributed by atoms with Crippen molar-refractivity contribution in [3.05, 3.63) is 0 Å². The van der Waals surface area contributed by atoms with Gasteiger partial charge in [-0.15, -0.1) is 11.8 Å². The minimum atomic E-state index is -0.147. The highest BCUT2D eigenvalue weighted by atomic mass is 32.2. The largest absolute Gasteiger partial charge is 0.458 e. The number of carbonyl (C=O) groups excluding carboxylic acids is 1. The van der Waals surface area contributed by atoms with Gasteiger partial charge in [0.25, 0.3) is 0 Å². The molecule has 1 N–H and O–H groups in total. The van der Waals surface area contributed by atoms with E-state index in [1.165, 1.54) is 0 Å². The third-order valence-corrected chi connectivity index (χ3v) is 5.58. The molecule has 0 unspecified atom stereocenters. The summed E-state index contributed by atoms with van der Waals surface area (Å²) >= 11 is 1.77. The first-order valence-corrected chi connectivity index (χ1v) is 8.30. The fraction of sp³-hybridized carbons (Fsp3) is 0.929. The highest BCUT2D eigenvalue weighted by molar-refractivity contribution is 8.00. The maximum atomic E-state index is 12.0. The molecule has 112 valence electrons. The molecular weight excluding hydrogens is 260 g/mol. The minimum Gasteiger partial charge on any atom is -0.458 e. The van der Waals surface area contributed by atoms with Crippen LogP contribution < -0.4 is 5.32 Å². The van der Waals surface area contributed by atoms with E-state index in [0.29, 0.717) is 6.61 Å². The quantitative estimate of drug-likeness (QED) is 0.573. The third-order valence-electron chi connectivity index (χ3n) is 4.24. The zero-order chi connectivity index (χ0) is 14.5. The van der Waals surface area contributed by atoms with Gasteiger partial charge < -0.3 is 9.22 Å². The molecule has 19 heavy (non-hydrogen) atoms. The molecule has 0 radical (unpaired) electrons. The molecule has 1 aliphatic heterocycles. The molecule has 0 amide bonds. The molecule has 1 heterocycles. The van der Waals surface area contributed by atoms with E-state index in [2.05, 4.69) is 39.9 Å². The summed E-state index contributed by atoms with van der Waals surface area (Å²) in [6.45, 7) is 15.5. The molecule has 5 heteroatoms. The average Bonchev–Trinajstić information content (AvgIpc) is 2.75. The zero-order valence-electron chi connectivity index (χ0n) is 13.0. The molecule has 0 aliphatic carbocycles. The van der Waals surface area contributed by atoms with Crippen molar-refractivity contribution in [1.82, 2.24) is 5.32 Å². The number of quaternary nitrogens is 1. The van der Waals surface area contributed by atoms with Crippen LogP contribution in [0.25, 0.3) is 0 Å². The Bertz CT molecular complexity index is 296.